The van der Waals surface area contributed by atoms with Gasteiger partial charge in [-0.25, -0.2) is 0 Å². The number of benzene rings is 2. The number of hydrogen-bond acceptors (Lipinski definition) is 5. The van der Waals surface area contributed by atoms with E-state index < -0.39 is 18.5 Å². The van der Waals surface area contributed by atoms with Gasteiger partial charge >= 0.3 is 5.97 Å². The van der Waals surface area contributed by atoms with Crippen LogP contribution >= 0.6 is 15.9 Å². The third-order valence-electron chi connectivity index (χ3n) is 3.01. The number of nitriles is 1. The molecule has 0 aliphatic heterocycles. The van der Waals surface area contributed by atoms with Crippen LogP contribution in [0.25, 0.3) is 0 Å². The van der Waals surface area contributed by atoms with E-state index >= 15 is 0 Å². The van der Waals surface area contributed by atoms with Gasteiger partial charge in [0, 0.05) is 10.2 Å². The van der Waals surface area contributed by atoms with Crippen LogP contribution in [-0.4, -0.2) is 25.1 Å². The number of anilines is 1. The van der Waals surface area contributed by atoms with E-state index in [2.05, 4.69) is 21.2 Å². The highest BCUT2D eigenvalue weighted by molar-refractivity contribution is 9.10. The first kappa shape index (κ1) is 18.5. The lowest BCUT2D eigenvalue weighted by atomic mass is 10.2. The fourth-order valence-electron chi connectivity index (χ4n) is 1.89. The third kappa shape index (κ3) is 6.65. The zero-order chi connectivity index (χ0) is 18.1. The van der Waals surface area contributed by atoms with E-state index in [4.69, 9.17) is 14.7 Å². The average Bonchev–Trinajstić information content (AvgIpc) is 2.60. The van der Waals surface area contributed by atoms with Crippen LogP contribution in [0.5, 0.6) is 5.75 Å². The van der Waals surface area contributed by atoms with Crippen molar-refractivity contribution in [3.8, 4) is 11.8 Å². The molecule has 7 heteroatoms. The molecule has 0 unspecified atom stereocenters. The summed E-state index contributed by atoms with van der Waals surface area (Å²) < 4.78 is 11.2. The highest BCUT2D eigenvalue weighted by atomic mass is 79.9. The van der Waals surface area contributed by atoms with Crippen LogP contribution in [-0.2, 0) is 14.3 Å². The van der Waals surface area contributed by atoms with E-state index in [9.17, 15) is 9.59 Å². The van der Waals surface area contributed by atoms with Gasteiger partial charge in [0.1, 0.15) is 5.75 Å². The molecule has 0 saturated heterocycles. The molecule has 2 rings (SSSR count). The lowest BCUT2D eigenvalue weighted by molar-refractivity contribution is -0.147. The van der Waals surface area contributed by atoms with Gasteiger partial charge in [0.25, 0.3) is 5.91 Å². The van der Waals surface area contributed by atoms with Crippen LogP contribution in [0.2, 0.25) is 0 Å². The van der Waals surface area contributed by atoms with Crippen molar-refractivity contribution in [2.75, 3.05) is 18.5 Å². The second kappa shape index (κ2) is 9.45. The first-order chi connectivity index (χ1) is 12.1. The SMILES string of the molecule is N#Cc1cccc(NC(=O)COC(=O)CCOc2cccc(Br)c2)c1. The molecule has 25 heavy (non-hydrogen) atoms. The quantitative estimate of drug-likeness (QED) is 0.717. The van der Waals surface area contributed by atoms with Gasteiger partial charge in [0.2, 0.25) is 0 Å². The summed E-state index contributed by atoms with van der Waals surface area (Å²) in [6.07, 6.45) is 0.0315. The van der Waals surface area contributed by atoms with Crippen LogP contribution < -0.4 is 10.1 Å². The van der Waals surface area contributed by atoms with E-state index in [1.807, 2.05) is 18.2 Å². The standard InChI is InChI=1S/C18H15BrN2O4/c19-14-4-2-6-16(10-14)24-8-7-18(23)25-12-17(22)21-15-5-1-3-13(9-15)11-20/h1-6,9-10H,7-8,12H2,(H,21,22). The third-order valence-corrected chi connectivity index (χ3v) is 3.50. The van der Waals surface area contributed by atoms with E-state index in [-0.39, 0.29) is 13.0 Å². The summed E-state index contributed by atoms with van der Waals surface area (Å²) in [4.78, 5) is 23.4. The highest BCUT2D eigenvalue weighted by Gasteiger charge is 2.09. The number of halogens is 1. The molecule has 2 aromatic rings. The summed E-state index contributed by atoms with van der Waals surface area (Å²) in [5, 5.41) is 11.4. The van der Waals surface area contributed by atoms with Crippen molar-refractivity contribution in [3.63, 3.8) is 0 Å². The molecule has 0 bridgehead atoms. The summed E-state index contributed by atoms with van der Waals surface area (Å²) in [5.41, 5.74) is 0.901. The Kier molecular flexibility index (Phi) is 6.99. The number of esters is 1. The molecular formula is C18H15BrN2O4. The largest absolute Gasteiger partial charge is 0.493 e. The smallest absolute Gasteiger partial charge is 0.309 e. The molecule has 0 fully saturated rings. The second-order valence-corrected chi connectivity index (χ2v) is 5.87. The molecule has 0 atom stereocenters. The Morgan fingerprint density at radius 3 is 2.72 bits per heavy atom. The Morgan fingerprint density at radius 1 is 1.16 bits per heavy atom. The van der Waals surface area contributed by atoms with Gasteiger partial charge in [-0.15, -0.1) is 0 Å². The molecule has 0 saturated carbocycles. The monoisotopic (exact) mass is 402 g/mol. The van der Waals surface area contributed by atoms with Gasteiger partial charge in [0.15, 0.2) is 6.61 Å². The molecule has 2 aromatic carbocycles. The number of rotatable bonds is 7. The number of carbonyl (C=O) groups is 2. The van der Waals surface area contributed by atoms with Crippen LogP contribution in [0.4, 0.5) is 5.69 Å². The molecule has 0 spiro atoms. The zero-order valence-corrected chi connectivity index (χ0v) is 14.8. The van der Waals surface area contributed by atoms with Crippen molar-refractivity contribution in [1.29, 1.82) is 5.26 Å². The molecule has 0 heterocycles. The summed E-state index contributed by atoms with van der Waals surface area (Å²) in [6.45, 7) is -0.242. The van der Waals surface area contributed by atoms with E-state index in [0.717, 1.165) is 4.47 Å². The topological polar surface area (TPSA) is 88.4 Å². The Bertz CT molecular complexity index is 802. The molecule has 1 N–H and O–H groups in total. The lowest BCUT2D eigenvalue weighted by Crippen LogP contribution is -2.21. The zero-order valence-electron chi connectivity index (χ0n) is 13.2. The van der Waals surface area contributed by atoms with Gasteiger partial charge in [-0.05, 0) is 36.4 Å². The minimum atomic E-state index is -0.532. The first-order valence-electron chi connectivity index (χ1n) is 7.41. The van der Waals surface area contributed by atoms with Crippen LogP contribution in [0, 0.1) is 11.3 Å². The first-order valence-corrected chi connectivity index (χ1v) is 8.20. The Morgan fingerprint density at radius 2 is 1.96 bits per heavy atom. The van der Waals surface area contributed by atoms with Crippen LogP contribution in [0.3, 0.4) is 0 Å². The summed E-state index contributed by atoms with van der Waals surface area (Å²) >= 11 is 3.33. The van der Waals surface area contributed by atoms with Crippen LogP contribution in [0.15, 0.2) is 53.0 Å². The minimum absolute atomic E-state index is 0.0315. The normalized spacial score (nSPS) is 9.76. The molecule has 0 aliphatic rings. The summed E-state index contributed by atoms with van der Waals surface area (Å²) in [7, 11) is 0. The van der Waals surface area contributed by atoms with Gasteiger partial charge < -0.3 is 14.8 Å². The maximum Gasteiger partial charge on any atom is 0.309 e. The maximum atomic E-state index is 11.7. The molecule has 0 aromatic heterocycles. The molecule has 128 valence electrons. The van der Waals surface area contributed by atoms with Crippen molar-refractivity contribution >= 4 is 33.5 Å². The van der Waals surface area contributed by atoms with Gasteiger partial charge in [-0.3, -0.25) is 9.59 Å². The fourth-order valence-corrected chi connectivity index (χ4v) is 2.27. The predicted molar refractivity (Wildman–Crippen MR) is 95.0 cm³/mol. The van der Waals surface area contributed by atoms with Gasteiger partial charge in [0.05, 0.1) is 24.7 Å². The summed E-state index contributed by atoms with van der Waals surface area (Å²) in [5.74, 6) is -0.371. The Balaban J connectivity index is 1.68. The number of amides is 1. The number of hydrogen-bond donors (Lipinski definition) is 1. The Hall–Kier alpha value is -2.85. The highest BCUT2D eigenvalue weighted by Crippen LogP contribution is 2.17. The average molecular weight is 403 g/mol. The Labute approximate surface area is 153 Å². The van der Waals surface area contributed by atoms with E-state index in [1.54, 1.807) is 30.3 Å². The van der Waals surface area contributed by atoms with Gasteiger partial charge in [-0.1, -0.05) is 28.1 Å². The van der Waals surface area contributed by atoms with Gasteiger partial charge in [-0.2, -0.15) is 5.26 Å². The van der Waals surface area contributed by atoms with Crippen molar-refractivity contribution in [2.45, 2.75) is 6.42 Å². The predicted octanol–water partition coefficient (Wildman–Crippen LogP) is 3.27. The molecule has 1 amide bonds. The van der Waals surface area contributed by atoms with E-state index in [0.29, 0.717) is 17.0 Å². The van der Waals surface area contributed by atoms with Crippen molar-refractivity contribution in [3.05, 3.63) is 58.6 Å². The fraction of sp³-hybridized carbons (Fsp3) is 0.167. The van der Waals surface area contributed by atoms with Crippen molar-refractivity contribution in [2.24, 2.45) is 0 Å². The molecule has 0 aliphatic carbocycles. The number of carbonyl (C=O) groups excluding carboxylic acids is 2. The number of nitrogens with zero attached hydrogens (tertiary/aromatic N) is 1. The van der Waals surface area contributed by atoms with Crippen molar-refractivity contribution in [1.82, 2.24) is 0 Å². The lowest BCUT2D eigenvalue weighted by Gasteiger charge is -2.08. The minimum Gasteiger partial charge on any atom is -0.493 e. The molecule has 6 nitrogen and oxygen atoms in total. The number of ether oxygens (including phenoxy) is 2. The number of nitrogens with one attached hydrogen (secondary N) is 1. The maximum absolute atomic E-state index is 11.7. The van der Waals surface area contributed by atoms with E-state index in [1.165, 1.54) is 6.07 Å². The second-order valence-electron chi connectivity index (χ2n) is 4.96. The van der Waals surface area contributed by atoms with Crippen molar-refractivity contribution < 1.29 is 19.1 Å². The molecule has 0 radical (unpaired) electrons. The molecular weight excluding hydrogens is 388 g/mol. The van der Waals surface area contributed by atoms with Crippen LogP contribution in [0.1, 0.15) is 12.0 Å². The summed E-state index contributed by atoms with van der Waals surface area (Å²) in [6, 6.07) is 15.7.